The monoisotopic (exact) mass is 251 g/mol. The summed E-state index contributed by atoms with van der Waals surface area (Å²) in [6, 6.07) is 3.74. The average Bonchev–Trinajstić information content (AvgIpc) is 2.45. The molecule has 0 amide bonds. The fourth-order valence-corrected chi connectivity index (χ4v) is 2.17. The van der Waals surface area contributed by atoms with Crippen molar-refractivity contribution in [3.05, 3.63) is 17.8 Å². The predicted octanol–water partition coefficient (Wildman–Crippen LogP) is 1.36. The van der Waals surface area contributed by atoms with Gasteiger partial charge >= 0.3 is 0 Å². The lowest BCUT2D eigenvalue weighted by atomic mass is 10.1. The van der Waals surface area contributed by atoms with Crippen molar-refractivity contribution in [3.8, 4) is 0 Å². The van der Waals surface area contributed by atoms with E-state index in [1.165, 1.54) is 0 Å². The van der Waals surface area contributed by atoms with Gasteiger partial charge < -0.3 is 14.7 Å². The molecule has 1 aromatic heterocycles. The first-order valence-electron chi connectivity index (χ1n) is 6.63. The van der Waals surface area contributed by atoms with Crippen LogP contribution in [0.15, 0.2) is 12.1 Å². The minimum absolute atomic E-state index is 0.0600. The number of aromatic nitrogens is 2. The molecule has 5 nitrogen and oxygen atoms in total. The van der Waals surface area contributed by atoms with E-state index in [0.29, 0.717) is 11.8 Å². The lowest BCUT2D eigenvalue weighted by Crippen LogP contribution is -2.40. The second kappa shape index (κ2) is 6.66. The van der Waals surface area contributed by atoms with Crippen LogP contribution in [0.25, 0.3) is 0 Å². The summed E-state index contributed by atoms with van der Waals surface area (Å²) in [7, 11) is 0. The number of hydrogen-bond acceptors (Lipinski definition) is 5. The van der Waals surface area contributed by atoms with Gasteiger partial charge in [0.25, 0.3) is 0 Å². The Morgan fingerprint density at radius 2 is 2.33 bits per heavy atom. The third-order valence-corrected chi connectivity index (χ3v) is 3.13. The Morgan fingerprint density at radius 1 is 1.44 bits per heavy atom. The van der Waals surface area contributed by atoms with Gasteiger partial charge in [-0.25, -0.2) is 0 Å². The van der Waals surface area contributed by atoms with Crippen LogP contribution in [-0.4, -0.2) is 41.1 Å². The molecule has 100 valence electrons. The van der Waals surface area contributed by atoms with E-state index in [1.807, 2.05) is 12.1 Å². The first-order chi connectivity index (χ1) is 8.83. The fourth-order valence-electron chi connectivity index (χ4n) is 2.17. The van der Waals surface area contributed by atoms with Crippen molar-refractivity contribution in [2.45, 2.75) is 38.9 Å². The molecule has 1 N–H and O–H groups in total. The summed E-state index contributed by atoms with van der Waals surface area (Å²) in [6.45, 7) is 4.77. The largest absolute Gasteiger partial charge is 0.390 e. The molecule has 1 unspecified atom stereocenters. The zero-order valence-corrected chi connectivity index (χ0v) is 10.9. The molecule has 1 atom stereocenters. The minimum Gasteiger partial charge on any atom is -0.390 e. The van der Waals surface area contributed by atoms with Crippen molar-refractivity contribution in [2.75, 3.05) is 24.6 Å². The first-order valence-corrected chi connectivity index (χ1v) is 6.63. The van der Waals surface area contributed by atoms with Crippen LogP contribution in [-0.2, 0) is 11.3 Å². The summed E-state index contributed by atoms with van der Waals surface area (Å²) in [5.74, 6) is 0.872. The number of nitrogens with zero attached hydrogens (tertiary/aromatic N) is 3. The standard InChI is InChI=1S/C13H21N3O2/c1-2-8-18-12-4-3-7-16(9-12)13-6-5-11(10-17)14-15-13/h5-6,12,17H,2-4,7-10H2,1H3. The van der Waals surface area contributed by atoms with Crippen molar-refractivity contribution < 1.29 is 9.84 Å². The number of anilines is 1. The summed E-state index contributed by atoms with van der Waals surface area (Å²) >= 11 is 0. The first kappa shape index (κ1) is 13.2. The fraction of sp³-hybridized carbons (Fsp3) is 0.692. The summed E-state index contributed by atoms with van der Waals surface area (Å²) in [5, 5.41) is 17.1. The Balaban J connectivity index is 1.94. The van der Waals surface area contributed by atoms with E-state index in [0.717, 1.165) is 44.8 Å². The minimum atomic E-state index is -0.0600. The Hall–Kier alpha value is -1.20. The highest BCUT2D eigenvalue weighted by Gasteiger charge is 2.21. The molecule has 0 radical (unpaired) electrons. The van der Waals surface area contributed by atoms with Crippen LogP contribution in [0.2, 0.25) is 0 Å². The number of aliphatic hydroxyl groups is 1. The highest BCUT2D eigenvalue weighted by Crippen LogP contribution is 2.19. The lowest BCUT2D eigenvalue weighted by Gasteiger charge is -2.33. The van der Waals surface area contributed by atoms with Gasteiger partial charge in [-0.1, -0.05) is 6.92 Å². The lowest BCUT2D eigenvalue weighted by molar-refractivity contribution is 0.0439. The number of piperidine rings is 1. The smallest absolute Gasteiger partial charge is 0.151 e. The molecule has 0 aliphatic carbocycles. The van der Waals surface area contributed by atoms with E-state index < -0.39 is 0 Å². The van der Waals surface area contributed by atoms with Crippen molar-refractivity contribution in [1.29, 1.82) is 0 Å². The van der Waals surface area contributed by atoms with Gasteiger partial charge in [0, 0.05) is 19.7 Å². The zero-order valence-electron chi connectivity index (χ0n) is 10.9. The molecule has 0 saturated carbocycles. The molecule has 1 aliphatic rings. The molecule has 1 aliphatic heterocycles. The predicted molar refractivity (Wildman–Crippen MR) is 69.4 cm³/mol. The topological polar surface area (TPSA) is 58.5 Å². The highest BCUT2D eigenvalue weighted by molar-refractivity contribution is 5.38. The number of rotatable bonds is 5. The molecule has 1 saturated heterocycles. The molecule has 2 heterocycles. The van der Waals surface area contributed by atoms with Gasteiger partial charge in [0.05, 0.1) is 18.4 Å². The van der Waals surface area contributed by atoms with Gasteiger partial charge in [0.15, 0.2) is 5.82 Å². The number of hydrogen-bond donors (Lipinski definition) is 1. The Kier molecular flexibility index (Phi) is 4.90. The van der Waals surface area contributed by atoms with Crippen molar-refractivity contribution in [1.82, 2.24) is 10.2 Å². The molecule has 1 fully saturated rings. The Bertz CT molecular complexity index is 356. The van der Waals surface area contributed by atoms with E-state index in [2.05, 4.69) is 22.0 Å². The van der Waals surface area contributed by atoms with Crippen LogP contribution in [0, 0.1) is 0 Å². The van der Waals surface area contributed by atoms with E-state index >= 15 is 0 Å². The third-order valence-electron chi connectivity index (χ3n) is 3.13. The summed E-state index contributed by atoms with van der Waals surface area (Å²) in [6.07, 6.45) is 3.61. The number of aliphatic hydroxyl groups excluding tert-OH is 1. The van der Waals surface area contributed by atoms with Crippen LogP contribution in [0.3, 0.4) is 0 Å². The Morgan fingerprint density at radius 3 is 3.00 bits per heavy atom. The van der Waals surface area contributed by atoms with Crippen molar-refractivity contribution >= 4 is 5.82 Å². The molecular weight excluding hydrogens is 230 g/mol. The van der Waals surface area contributed by atoms with E-state index in [1.54, 1.807) is 0 Å². The molecule has 0 aromatic carbocycles. The maximum absolute atomic E-state index is 8.94. The van der Waals surface area contributed by atoms with Crippen LogP contribution in [0.1, 0.15) is 31.9 Å². The SMILES string of the molecule is CCCOC1CCCN(c2ccc(CO)nn2)C1. The van der Waals surface area contributed by atoms with E-state index in [-0.39, 0.29) is 6.61 Å². The second-order valence-corrected chi connectivity index (χ2v) is 4.62. The summed E-state index contributed by atoms with van der Waals surface area (Å²) in [4.78, 5) is 2.21. The van der Waals surface area contributed by atoms with Crippen molar-refractivity contribution in [3.63, 3.8) is 0 Å². The molecule has 2 rings (SSSR count). The highest BCUT2D eigenvalue weighted by atomic mass is 16.5. The molecule has 5 heteroatoms. The quantitative estimate of drug-likeness (QED) is 0.856. The normalized spacial score (nSPS) is 20.1. The van der Waals surface area contributed by atoms with Crippen molar-refractivity contribution in [2.24, 2.45) is 0 Å². The van der Waals surface area contributed by atoms with Crippen LogP contribution in [0.5, 0.6) is 0 Å². The summed E-state index contributed by atoms with van der Waals surface area (Å²) in [5.41, 5.74) is 0.606. The molecule has 18 heavy (non-hydrogen) atoms. The van der Waals surface area contributed by atoms with Gasteiger partial charge in [-0.2, -0.15) is 5.10 Å². The van der Waals surface area contributed by atoms with Gasteiger partial charge in [-0.15, -0.1) is 5.10 Å². The average molecular weight is 251 g/mol. The van der Waals surface area contributed by atoms with Crippen LogP contribution in [0.4, 0.5) is 5.82 Å². The van der Waals surface area contributed by atoms with Crippen LogP contribution < -0.4 is 4.90 Å². The molecule has 0 bridgehead atoms. The zero-order chi connectivity index (χ0) is 12.8. The molecular formula is C13H21N3O2. The second-order valence-electron chi connectivity index (χ2n) is 4.62. The number of ether oxygens (including phenoxy) is 1. The van der Waals surface area contributed by atoms with Gasteiger partial charge in [-0.3, -0.25) is 0 Å². The van der Waals surface area contributed by atoms with E-state index in [9.17, 15) is 0 Å². The van der Waals surface area contributed by atoms with Gasteiger partial charge in [0.2, 0.25) is 0 Å². The van der Waals surface area contributed by atoms with Gasteiger partial charge in [0.1, 0.15) is 0 Å². The van der Waals surface area contributed by atoms with E-state index in [4.69, 9.17) is 9.84 Å². The van der Waals surface area contributed by atoms with Crippen LogP contribution >= 0.6 is 0 Å². The maximum atomic E-state index is 8.94. The molecule has 1 aromatic rings. The molecule has 0 spiro atoms. The third kappa shape index (κ3) is 3.40. The maximum Gasteiger partial charge on any atom is 0.151 e. The van der Waals surface area contributed by atoms with Gasteiger partial charge in [-0.05, 0) is 31.4 Å². The summed E-state index contributed by atoms with van der Waals surface area (Å²) < 4.78 is 5.80. The Labute approximate surface area is 108 Å².